The Morgan fingerprint density at radius 1 is 1.50 bits per heavy atom. The summed E-state index contributed by atoms with van der Waals surface area (Å²) in [5.74, 6) is -0.315. The summed E-state index contributed by atoms with van der Waals surface area (Å²) in [7, 11) is 1.51. The van der Waals surface area contributed by atoms with Crippen LogP contribution in [0.1, 0.15) is 0 Å². The lowest BCUT2D eigenvalue weighted by Gasteiger charge is -2.05. The van der Waals surface area contributed by atoms with Gasteiger partial charge in [0.15, 0.2) is 6.67 Å². The standard InChI is InChI=1S/C9H9FO3S/c1-12-7-4-2-3-5-8(7)14-13-9(11)6-10/h2-5H,6H2,1H3. The summed E-state index contributed by atoms with van der Waals surface area (Å²) in [5.41, 5.74) is 0. The Balaban J connectivity index is 2.61. The third-order valence-corrected chi connectivity index (χ3v) is 2.19. The molecule has 0 radical (unpaired) electrons. The monoisotopic (exact) mass is 216 g/mol. The van der Waals surface area contributed by atoms with Crippen molar-refractivity contribution in [2.75, 3.05) is 13.8 Å². The predicted octanol–water partition coefficient (Wildman–Crippen LogP) is 2.21. The van der Waals surface area contributed by atoms with Gasteiger partial charge in [0.1, 0.15) is 17.8 Å². The van der Waals surface area contributed by atoms with E-state index >= 15 is 0 Å². The van der Waals surface area contributed by atoms with Crippen molar-refractivity contribution in [3.63, 3.8) is 0 Å². The molecule has 0 N–H and O–H groups in total. The molecule has 0 amide bonds. The first-order valence-corrected chi connectivity index (χ1v) is 4.58. The number of carbonyl (C=O) groups excluding carboxylic acids is 1. The number of para-hydroxylation sites is 1. The SMILES string of the molecule is COc1ccccc1SOC(=O)CF. The van der Waals surface area contributed by atoms with E-state index in [-0.39, 0.29) is 0 Å². The van der Waals surface area contributed by atoms with E-state index in [0.29, 0.717) is 10.6 Å². The summed E-state index contributed by atoms with van der Waals surface area (Å²) in [4.78, 5) is 11.2. The summed E-state index contributed by atoms with van der Waals surface area (Å²) in [6, 6.07) is 7.01. The van der Waals surface area contributed by atoms with Crippen LogP contribution in [0, 0.1) is 0 Å². The lowest BCUT2D eigenvalue weighted by molar-refractivity contribution is -0.133. The van der Waals surface area contributed by atoms with Gasteiger partial charge < -0.3 is 8.92 Å². The molecule has 1 aromatic rings. The van der Waals surface area contributed by atoms with Gasteiger partial charge in [-0.25, -0.2) is 9.18 Å². The third kappa shape index (κ3) is 2.92. The third-order valence-electron chi connectivity index (χ3n) is 1.40. The first kappa shape index (κ1) is 10.8. The number of benzene rings is 1. The normalized spacial score (nSPS) is 9.57. The fraction of sp³-hybridized carbons (Fsp3) is 0.222. The zero-order chi connectivity index (χ0) is 10.4. The van der Waals surface area contributed by atoms with Gasteiger partial charge in [-0.1, -0.05) is 12.1 Å². The van der Waals surface area contributed by atoms with Gasteiger partial charge >= 0.3 is 5.97 Å². The van der Waals surface area contributed by atoms with Crippen LogP contribution in [0.5, 0.6) is 5.75 Å². The van der Waals surface area contributed by atoms with E-state index in [4.69, 9.17) is 4.74 Å². The molecule has 0 aromatic heterocycles. The van der Waals surface area contributed by atoms with Crippen LogP contribution in [0.25, 0.3) is 0 Å². The Morgan fingerprint density at radius 3 is 2.86 bits per heavy atom. The van der Waals surface area contributed by atoms with Crippen LogP contribution >= 0.6 is 12.0 Å². The van der Waals surface area contributed by atoms with E-state index < -0.39 is 12.6 Å². The second kappa shape index (κ2) is 5.49. The molecule has 0 aliphatic carbocycles. The van der Waals surface area contributed by atoms with Gasteiger partial charge in [0.05, 0.1) is 12.0 Å². The molecule has 76 valence electrons. The number of alkyl halides is 1. The first-order chi connectivity index (χ1) is 6.77. The molecule has 5 heteroatoms. The van der Waals surface area contributed by atoms with Crippen molar-refractivity contribution in [3.8, 4) is 5.75 Å². The summed E-state index contributed by atoms with van der Waals surface area (Å²) in [6.07, 6.45) is 0. The molecule has 1 rings (SSSR count). The summed E-state index contributed by atoms with van der Waals surface area (Å²) < 4.78 is 21.3. The molecule has 0 atom stereocenters. The van der Waals surface area contributed by atoms with Crippen LogP contribution < -0.4 is 4.74 Å². The number of hydrogen-bond acceptors (Lipinski definition) is 4. The van der Waals surface area contributed by atoms with Crippen LogP contribution in [0.4, 0.5) is 4.39 Å². The highest BCUT2D eigenvalue weighted by atomic mass is 32.2. The predicted molar refractivity (Wildman–Crippen MR) is 50.9 cm³/mol. The van der Waals surface area contributed by atoms with Crippen LogP contribution in [0.15, 0.2) is 29.2 Å². The second-order valence-electron chi connectivity index (χ2n) is 2.32. The summed E-state index contributed by atoms with van der Waals surface area (Å²) in [5, 5.41) is 0. The molecule has 14 heavy (non-hydrogen) atoms. The molecule has 0 unspecified atom stereocenters. The Labute approximate surface area is 85.4 Å². The van der Waals surface area contributed by atoms with Gasteiger partial charge in [0, 0.05) is 0 Å². The number of carbonyl (C=O) groups is 1. The number of halogens is 1. The molecule has 0 spiro atoms. The molecule has 1 aromatic carbocycles. The zero-order valence-electron chi connectivity index (χ0n) is 7.53. The highest BCUT2D eigenvalue weighted by molar-refractivity contribution is 7.95. The van der Waals surface area contributed by atoms with E-state index in [0.717, 1.165) is 12.0 Å². The zero-order valence-corrected chi connectivity index (χ0v) is 8.34. The maximum atomic E-state index is 11.8. The largest absolute Gasteiger partial charge is 0.495 e. The molecule has 0 saturated heterocycles. The molecule has 0 heterocycles. The molecule has 0 aliphatic heterocycles. The van der Waals surface area contributed by atoms with Crippen molar-refractivity contribution in [2.24, 2.45) is 0 Å². The summed E-state index contributed by atoms with van der Waals surface area (Å²) in [6.45, 7) is -1.12. The Bertz CT molecular complexity index is 317. The number of methoxy groups -OCH3 is 1. The second-order valence-corrected chi connectivity index (χ2v) is 3.10. The lowest BCUT2D eigenvalue weighted by Crippen LogP contribution is -2.00. The van der Waals surface area contributed by atoms with E-state index in [9.17, 15) is 9.18 Å². The van der Waals surface area contributed by atoms with E-state index in [1.54, 1.807) is 24.3 Å². The quantitative estimate of drug-likeness (QED) is 0.723. The van der Waals surface area contributed by atoms with Gasteiger partial charge in [0.25, 0.3) is 0 Å². The van der Waals surface area contributed by atoms with Crippen LogP contribution in [-0.4, -0.2) is 19.8 Å². The van der Waals surface area contributed by atoms with Gasteiger partial charge in [-0.2, -0.15) is 0 Å². The van der Waals surface area contributed by atoms with Gasteiger partial charge in [-0.05, 0) is 12.1 Å². The Morgan fingerprint density at radius 2 is 2.21 bits per heavy atom. The molecule has 0 bridgehead atoms. The molecule has 0 fully saturated rings. The topological polar surface area (TPSA) is 35.5 Å². The maximum Gasteiger partial charge on any atom is 0.349 e. The minimum atomic E-state index is -1.12. The fourth-order valence-corrected chi connectivity index (χ4v) is 1.40. The molecule has 0 aliphatic rings. The highest BCUT2D eigenvalue weighted by Gasteiger charge is 2.07. The van der Waals surface area contributed by atoms with Crippen molar-refractivity contribution in [1.29, 1.82) is 0 Å². The minimum absolute atomic E-state index is 0.587. The minimum Gasteiger partial charge on any atom is -0.495 e. The van der Waals surface area contributed by atoms with E-state index in [1.165, 1.54) is 7.11 Å². The van der Waals surface area contributed by atoms with Crippen molar-refractivity contribution < 1.29 is 18.1 Å². The van der Waals surface area contributed by atoms with Crippen molar-refractivity contribution in [3.05, 3.63) is 24.3 Å². The van der Waals surface area contributed by atoms with E-state index in [1.807, 2.05) is 0 Å². The Kier molecular flexibility index (Phi) is 4.25. The van der Waals surface area contributed by atoms with Crippen LogP contribution in [0.3, 0.4) is 0 Å². The molecular weight excluding hydrogens is 207 g/mol. The van der Waals surface area contributed by atoms with Gasteiger partial charge in [-0.3, -0.25) is 0 Å². The fourth-order valence-electron chi connectivity index (χ4n) is 0.801. The van der Waals surface area contributed by atoms with Crippen molar-refractivity contribution in [1.82, 2.24) is 0 Å². The average molecular weight is 216 g/mol. The Hall–Kier alpha value is -1.23. The highest BCUT2D eigenvalue weighted by Crippen LogP contribution is 2.29. The average Bonchev–Trinajstić information content (AvgIpc) is 2.26. The number of rotatable bonds is 4. The van der Waals surface area contributed by atoms with Crippen LogP contribution in [-0.2, 0) is 8.98 Å². The van der Waals surface area contributed by atoms with Crippen molar-refractivity contribution in [2.45, 2.75) is 4.90 Å². The lowest BCUT2D eigenvalue weighted by atomic mass is 10.3. The first-order valence-electron chi connectivity index (χ1n) is 3.84. The smallest absolute Gasteiger partial charge is 0.349 e. The van der Waals surface area contributed by atoms with Crippen LogP contribution in [0.2, 0.25) is 0 Å². The maximum absolute atomic E-state index is 11.8. The molecule has 3 nitrogen and oxygen atoms in total. The van der Waals surface area contributed by atoms with Crippen molar-refractivity contribution >= 4 is 18.0 Å². The number of hydrogen-bond donors (Lipinski definition) is 0. The molecular formula is C9H9FO3S. The van der Waals surface area contributed by atoms with Gasteiger partial charge in [-0.15, -0.1) is 0 Å². The molecule has 0 saturated carbocycles. The number of ether oxygens (including phenoxy) is 1. The van der Waals surface area contributed by atoms with Gasteiger partial charge in [0.2, 0.25) is 0 Å². The summed E-state index contributed by atoms with van der Waals surface area (Å²) >= 11 is 0.790. The van der Waals surface area contributed by atoms with E-state index in [2.05, 4.69) is 4.18 Å².